The molecular formula is C26H34N4O2S. The Balaban J connectivity index is 1.51. The average Bonchev–Trinajstić information content (AvgIpc) is 2.83. The fraction of sp³-hybridized carbons (Fsp3) is 0.462. The number of sulfone groups is 1. The van der Waals surface area contributed by atoms with Gasteiger partial charge in [0.05, 0.1) is 10.8 Å². The van der Waals surface area contributed by atoms with Crippen molar-refractivity contribution in [2.24, 2.45) is 5.92 Å². The lowest BCUT2D eigenvalue weighted by molar-refractivity contribution is 0.327. The highest BCUT2D eigenvalue weighted by Gasteiger charge is 2.31. The van der Waals surface area contributed by atoms with E-state index in [1.807, 2.05) is 13.1 Å². The smallest absolute Gasteiger partial charge is 0.225 e. The molecule has 6 nitrogen and oxygen atoms in total. The highest BCUT2D eigenvalue weighted by Crippen LogP contribution is 2.33. The van der Waals surface area contributed by atoms with Gasteiger partial charge in [0, 0.05) is 24.2 Å². The summed E-state index contributed by atoms with van der Waals surface area (Å²) in [7, 11) is -1.06. The minimum Gasteiger partial charge on any atom is -0.372 e. The monoisotopic (exact) mass is 466 g/mol. The normalized spacial score (nSPS) is 19.9. The molecule has 0 bridgehead atoms. The molecule has 1 aliphatic carbocycles. The number of hydrogen-bond acceptors (Lipinski definition) is 6. The van der Waals surface area contributed by atoms with Crippen LogP contribution in [0.15, 0.2) is 42.5 Å². The second kappa shape index (κ2) is 9.67. The molecule has 176 valence electrons. The van der Waals surface area contributed by atoms with Crippen LogP contribution in [0.2, 0.25) is 0 Å². The molecule has 1 aliphatic rings. The van der Waals surface area contributed by atoms with Crippen molar-refractivity contribution in [2.45, 2.75) is 57.7 Å². The van der Waals surface area contributed by atoms with Gasteiger partial charge < -0.3 is 10.6 Å². The fourth-order valence-electron chi connectivity index (χ4n) is 4.81. The van der Waals surface area contributed by atoms with Crippen molar-refractivity contribution in [3.63, 3.8) is 0 Å². The number of rotatable bonds is 7. The third-order valence-corrected chi connectivity index (χ3v) is 9.30. The van der Waals surface area contributed by atoms with Crippen LogP contribution in [-0.2, 0) is 9.84 Å². The van der Waals surface area contributed by atoms with E-state index in [9.17, 15) is 8.42 Å². The molecule has 0 aliphatic heterocycles. The van der Waals surface area contributed by atoms with Crippen LogP contribution in [0.1, 0.15) is 45.1 Å². The second-order valence-electron chi connectivity index (χ2n) is 9.17. The Bertz CT molecular complexity index is 1220. The van der Waals surface area contributed by atoms with E-state index in [-0.39, 0.29) is 17.0 Å². The van der Waals surface area contributed by atoms with Crippen molar-refractivity contribution in [1.29, 1.82) is 0 Å². The predicted molar refractivity (Wildman–Crippen MR) is 138 cm³/mol. The van der Waals surface area contributed by atoms with Gasteiger partial charge in [0.25, 0.3) is 0 Å². The van der Waals surface area contributed by atoms with Gasteiger partial charge in [-0.05, 0) is 68.7 Å². The lowest BCUT2D eigenvalue weighted by Gasteiger charge is -2.32. The van der Waals surface area contributed by atoms with Crippen molar-refractivity contribution in [2.75, 3.05) is 23.4 Å². The van der Waals surface area contributed by atoms with E-state index in [4.69, 9.17) is 9.97 Å². The number of hydrogen-bond donors (Lipinski definition) is 2. The van der Waals surface area contributed by atoms with Crippen LogP contribution >= 0.6 is 0 Å². The molecule has 2 aromatic carbocycles. The summed E-state index contributed by atoms with van der Waals surface area (Å²) in [4.78, 5) is 9.52. The Morgan fingerprint density at radius 1 is 1.00 bits per heavy atom. The SMILES string of the molecule is CCS(=O)(=O)C1CCC(C(C)Nc2nc(NC)c3cc(-c4ccc(C)cc4)ccc3n2)CC1. The third-order valence-electron chi connectivity index (χ3n) is 7.01. The first-order valence-electron chi connectivity index (χ1n) is 11.9. The van der Waals surface area contributed by atoms with Gasteiger partial charge >= 0.3 is 0 Å². The van der Waals surface area contributed by atoms with E-state index in [2.05, 4.69) is 60.9 Å². The number of aryl methyl sites for hydroxylation is 1. The van der Waals surface area contributed by atoms with Gasteiger partial charge in [-0.15, -0.1) is 0 Å². The molecule has 1 saturated carbocycles. The molecule has 1 aromatic heterocycles. The zero-order chi connectivity index (χ0) is 23.6. The quantitative estimate of drug-likeness (QED) is 0.482. The highest BCUT2D eigenvalue weighted by atomic mass is 32.2. The molecular weight excluding hydrogens is 432 g/mol. The predicted octanol–water partition coefficient (Wildman–Crippen LogP) is 5.44. The number of benzene rings is 2. The maximum Gasteiger partial charge on any atom is 0.225 e. The molecule has 1 unspecified atom stereocenters. The Labute approximate surface area is 197 Å². The number of anilines is 2. The van der Waals surface area contributed by atoms with Gasteiger partial charge in [-0.1, -0.05) is 42.8 Å². The van der Waals surface area contributed by atoms with Crippen LogP contribution < -0.4 is 10.6 Å². The molecule has 0 spiro atoms. The lowest BCUT2D eigenvalue weighted by Crippen LogP contribution is -2.34. The molecule has 0 radical (unpaired) electrons. The molecule has 3 aromatic rings. The summed E-state index contributed by atoms with van der Waals surface area (Å²) >= 11 is 0. The fourth-order valence-corrected chi connectivity index (χ4v) is 6.28. The van der Waals surface area contributed by atoms with Gasteiger partial charge in [-0.25, -0.2) is 13.4 Å². The minimum absolute atomic E-state index is 0.171. The van der Waals surface area contributed by atoms with E-state index < -0.39 is 9.84 Å². The molecule has 0 amide bonds. The third kappa shape index (κ3) is 5.13. The van der Waals surface area contributed by atoms with E-state index in [1.165, 1.54) is 11.1 Å². The van der Waals surface area contributed by atoms with Crippen molar-refractivity contribution >= 4 is 32.5 Å². The van der Waals surface area contributed by atoms with E-state index in [1.54, 1.807) is 6.92 Å². The molecule has 0 saturated heterocycles. The zero-order valence-corrected chi connectivity index (χ0v) is 20.7. The summed E-state index contributed by atoms with van der Waals surface area (Å²) in [5, 5.41) is 7.51. The number of nitrogens with zero attached hydrogens (tertiary/aromatic N) is 2. The first kappa shape index (κ1) is 23.5. The number of nitrogens with one attached hydrogen (secondary N) is 2. The topological polar surface area (TPSA) is 84.0 Å². The summed E-state index contributed by atoms with van der Waals surface area (Å²) < 4.78 is 24.4. The standard InChI is InChI=1S/C26H34N4O2S/c1-5-33(31,32)22-13-10-19(11-14-22)18(3)28-26-29-24-15-12-21(16-23(24)25(27-4)30-26)20-8-6-17(2)7-9-20/h6-9,12,15-16,18-19,22H,5,10-11,13-14H2,1-4H3,(H2,27,28,29,30). The first-order valence-corrected chi connectivity index (χ1v) is 13.6. The summed E-state index contributed by atoms with van der Waals surface area (Å²) in [5.74, 6) is 2.04. The molecule has 2 N–H and O–H groups in total. The number of fused-ring (bicyclic) bond motifs is 1. The molecule has 1 heterocycles. The van der Waals surface area contributed by atoms with Crippen LogP contribution in [0.4, 0.5) is 11.8 Å². The van der Waals surface area contributed by atoms with Crippen LogP contribution in [-0.4, -0.2) is 42.5 Å². The van der Waals surface area contributed by atoms with Gasteiger partial charge in [0.2, 0.25) is 5.95 Å². The molecule has 33 heavy (non-hydrogen) atoms. The molecule has 1 atom stereocenters. The summed E-state index contributed by atoms with van der Waals surface area (Å²) in [5.41, 5.74) is 4.43. The molecule has 1 fully saturated rings. The Hall–Kier alpha value is -2.67. The van der Waals surface area contributed by atoms with E-state index >= 15 is 0 Å². The van der Waals surface area contributed by atoms with Crippen molar-refractivity contribution < 1.29 is 8.42 Å². The second-order valence-corrected chi connectivity index (χ2v) is 11.7. The van der Waals surface area contributed by atoms with Gasteiger partial charge in [-0.3, -0.25) is 0 Å². The van der Waals surface area contributed by atoms with E-state index in [0.29, 0.717) is 11.9 Å². The maximum atomic E-state index is 12.2. The van der Waals surface area contributed by atoms with Crippen molar-refractivity contribution in [1.82, 2.24) is 9.97 Å². The summed E-state index contributed by atoms with van der Waals surface area (Å²) in [6.45, 7) is 5.98. The van der Waals surface area contributed by atoms with Crippen LogP contribution in [0.25, 0.3) is 22.0 Å². The zero-order valence-electron chi connectivity index (χ0n) is 19.9. The maximum absolute atomic E-state index is 12.2. The number of aromatic nitrogens is 2. The van der Waals surface area contributed by atoms with Gasteiger partial charge in [0.15, 0.2) is 9.84 Å². The molecule has 4 rings (SSSR count). The summed E-state index contributed by atoms with van der Waals surface area (Å²) in [6, 6.07) is 15.0. The largest absolute Gasteiger partial charge is 0.372 e. The minimum atomic E-state index is -2.94. The van der Waals surface area contributed by atoms with Crippen LogP contribution in [0.5, 0.6) is 0 Å². The lowest BCUT2D eigenvalue weighted by atomic mass is 9.84. The highest BCUT2D eigenvalue weighted by molar-refractivity contribution is 7.92. The Kier molecular flexibility index (Phi) is 6.88. The molecule has 7 heteroatoms. The van der Waals surface area contributed by atoms with Gasteiger partial charge in [0.1, 0.15) is 5.82 Å². The average molecular weight is 467 g/mol. The van der Waals surface area contributed by atoms with Crippen molar-refractivity contribution in [3.05, 3.63) is 48.0 Å². The van der Waals surface area contributed by atoms with E-state index in [0.717, 1.165) is 48.0 Å². The first-order chi connectivity index (χ1) is 15.8. The van der Waals surface area contributed by atoms with Gasteiger partial charge in [-0.2, -0.15) is 4.98 Å². The van der Waals surface area contributed by atoms with Crippen molar-refractivity contribution in [3.8, 4) is 11.1 Å². The van der Waals surface area contributed by atoms with Crippen LogP contribution in [0, 0.1) is 12.8 Å². The Morgan fingerprint density at radius 3 is 2.30 bits per heavy atom. The van der Waals surface area contributed by atoms with Crippen LogP contribution in [0.3, 0.4) is 0 Å². The summed E-state index contributed by atoms with van der Waals surface area (Å²) in [6.07, 6.45) is 3.30. The Morgan fingerprint density at radius 2 is 1.67 bits per heavy atom.